The Morgan fingerprint density at radius 2 is 1.15 bits per heavy atom. The first-order chi connectivity index (χ1) is 15.6. The Morgan fingerprint density at radius 1 is 0.765 bits per heavy atom. The van der Waals surface area contributed by atoms with E-state index in [2.05, 4.69) is 33.8 Å². The molecule has 0 spiro atoms. The minimum atomic E-state index is -1.14. The van der Waals surface area contributed by atoms with Gasteiger partial charge in [-0.25, -0.2) is 9.59 Å². The van der Waals surface area contributed by atoms with E-state index in [0.29, 0.717) is 32.6 Å². The molecule has 0 unspecified atom stereocenters. The number of rotatable bonds is 11. The van der Waals surface area contributed by atoms with E-state index in [1.807, 2.05) is 0 Å². The van der Waals surface area contributed by atoms with E-state index >= 15 is 0 Å². The van der Waals surface area contributed by atoms with Gasteiger partial charge in [0.25, 0.3) is 0 Å². The van der Waals surface area contributed by atoms with Crippen LogP contribution in [0.2, 0.25) is 0 Å². The number of aliphatic hydroxyl groups is 1. The van der Waals surface area contributed by atoms with Gasteiger partial charge >= 0.3 is 22.7 Å². The Hall–Kier alpha value is -1.99. The second-order valence-electron chi connectivity index (χ2n) is 7.98. The Bertz CT molecular complexity index is 593. The van der Waals surface area contributed by atoms with Crippen molar-refractivity contribution in [2.75, 3.05) is 46.1 Å². The predicted molar refractivity (Wildman–Crippen MR) is 125 cm³/mol. The van der Waals surface area contributed by atoms with Crippen LogP contribution in [0.4, 0.5) is 9.59 Å². The summed E-state index contributed by atoms with van der Waals surface area (Å²) in [6, 6.07) is 0. The summed E-state index contributed by atoms with van der Waals surface area (Å²) in [5.41, 5.74) is -0.968. The fourth-order valence-electron chi connectivity index (χ4n) is 1.38. The summed E-state index contributed by atoms with van der Waals surface area (Å²) >= 11 is 8.98. The zero-order chi connectivity index (χ0) is 27.2. The lowest BCUT2D eigenvalue weighted by Gasteiger charge is -2.19. The number of nitrogens with one attached hydrogen (secondary N) is 2. The molecule has 200 valence electrons. The van der Waals surface area contributed by atoms with Crippen molar-refractivity contribution in [1.82, 2.24) is 10.6 Å². The molecule has 14 heteroatoms. The van der Waals surface area contributed by atoms with Crippen LogP contribution in [0.1, 0.15) is 41.5 Å². The van der Waals surface area contributed by atoms with Crippen LogP contribution < -0.4 is 10.6 Å². The highest BCUT2D eigenvalue weighted by Gasteiger charge is 2.16. The summed E-state index contributed by atoms with van der Waals surface area (Å²) in [5.74, 6) is 0. The molecule has 34 heavy (non-hydrogen) atoms. The maximum Gasteiger partial charge on any atom is 0.407 e. The quantitative estimate of drug-likeness (QED) is 0.154. The Kier molecular flexibility index (Phi) is 23.2. The molecule has 0 aliphatic carbocycles. The highest BCUT2D eigenvalue weighted by atomic mass is 35.5. The number of aldehydes is 1. The SMILES string of the molecule is CC(C)(C)OC(=O)NCCOCC=O.CC(C)(C)OC(=O)NCCOCCO.O=C(Cl)C(=O)Cl. The van der Waals surface area contributed by atoms with Crippen LogP contribution >= 0.6 is 23.2 Å². The topological polar surface area (TPSA) is 167 Å². The second kappa shape index (κ2) is 21.5. The largest absolute Gasteiger partial charge is 0.444 e. The zero-order valence-electron chi connectivity index (χ0n) is 20.4. The van der Waals surface area contributed by atoms with Gasteiger partial charge in [0.05, 0.1) is 26.4 Å². The van der Waals surface area contributed by atoms with E-state index in [4.69, 9.17) is 24.1 Å². The number of carbonyl (C=O) groups excluding carboxylic acids is 5. The van der Waals surface area contributed by atoms with Gasteiger partial charge in [-0.1, -0.05) is 0 Å². The normalized spacial score (nSPS) is 10.4. The third kappa shape index (κ3) is 37.3. The van der Waals surface area contributed by atoms with Crippen molar-refractivity contribution in [2.45, 2.75) is 52.7 Å². The fraction of sp³-hybridized carbons (Fsp3) is 0.750. The Morgan fingerprint density at radius 3 is 1.44 bits per heavy atom. The number of amides is 2. The van der Waals surface area contributed by atoms with Gasteiger partial charge in [0, 0.05) is 13.1 Å². The molecule has 3 N–H and O–H groups in total. The lowest BCUT2D eigenvalue weighted by Crippen LogP contribution is -2.34. The average molecular weight is 535 g/mol. The average Bonchev–Trinajstić information content (AvgIpc) is 2.66. The van der Waals surface area contributed by atoms with E-state index in [1.54, 1.807) is 41.5 Å². The third-order valence-corrected chi connectivity index (χ3v) is 2.85. The first kappa shape index (κ1) is 36.6. The van der Waals surface area contributed by atoms with Crippen LogP contribution in [0.3, 0.4) is 0 Å². The molecule has 2 amide bonds. The lowest BCUT2D eigenvalue weighted by atomic mass is 10.2. The summed E-state index contributed by atoms with van der Waals surface area (Å²) in [5, 5.41) is 11.1. The molecule has 0 aromatic heterocycles. The monoisotopic (exact) mass is 534 g/mol. The standard InChI is InChI=1S/C9H19NO4.C9H17NO4.C2Cl2O2/c2*1-9(2,3)14-8(12)10-4-6-13-7-5-11;3-1(5)2(4)6/h11H,4-7H2,1-3H3,(H,10,12);5H,4,6-7H2,1-3H3,(H,10,12);. The molecule has 0 aromatic rings. The summed E-state index contributed by atoms with van der Waals surface area (Å²) in [7, 11) is 0. The predicted octanol–water partition coefficient (Wildman–Crippen LogP) is 1.76. The highest BCUT2D eigenvalue weighted by Crippen LogP contribution is 2.06. The van der Waals surface area contributed by atoms with Gasteiger partial charge in [-0.3, -0.25) is 9.59 Å². The molecule has 0 aliphatic rings. The Labute approximate surface area is 209 Å². The molecule has 12 nitrogen and oxygen atoms in total. The van der Waals surface area contributed by atoms with E-state index < -0.39 is 33.9 Å². The molecule has 0 atom stereocenters. The Balaban J connectivity index is -0.000000458. The van der Waals surface area contributed by atoms with E-state index in [1.165, 1.54) is 0 Å². The molecule has 0 radical (unpaired) electrons. The highest BCUT2D eigenvalue weighted by molar-refractivity contribution is 6.97. The lowest BCUT2D eigenvalue weighted by molar-refractivity contribution is -0.127. The van der Waals surface area contributed by atoms with Gasteiger partial charge in [-0.05, 0) is 64.7 Å². The van der Waals surface area contributed by atoms with Gasteiger partial charge in [0.1, 0.15) is 24.1 Å². The maximum atomic E-state index is 11.1. The number of halogens is 2. The molecule has 0 fully saturated rings. The van der Waals surface area contributed by atoms with Crippen LogP contribution in [0.5, 0.6) is 0 Å². The number of hydrogen-bond donors (Lipinski definition) is 3. The third-order valence-electron chi connectivity index (χ3n) is 2.41. The van der Waals surface area contributed by atoms with E-state index in [-0.39, 0.29) is 19.8 Å². The molecular weight excluding hydrogens is 499 g/mol. The number of alkyl carbamates (subject to hydrolysis) is 2. The van der Waals surface area contributed by atoms with Crippen LogP contribution in [0, 0.1) is 0 Å². The summed E-state index contributed by atoms with van der Waals surface area (Å²) in [6.07, 6.45) is -0.273. The maximum absolute atomic E-state index is 11.1. The van der Waals surface area contributed by atoms with Crippen molar-refractivity contribution < 1.29 is 48.0 Å². The molecule has 0 aromatic carbocycles. The molecule has 0 aliphatic heterocycles. The van der Waals surface area contributed by atoms with Gasteiger partial charge in [-0.15, -0.1) is 0 Å². The van der Waals surface area contributed by atoms with Crippen LogP contribution in [0.15, 0.2) is 0 Å². The smallest absolute Gasteiger partial charge is 0.407 e. The van der Waals surface area contributed by atoms with Crippen molar-refractivity contribution >= 4 is 52.2 Å². The first-order valence-electron chi connectivity index (χ1n) is 10.1. The zero-order valence-corrected chi connectivity index (χ0v) is 21.9. The van der Waals surface area contributed by atoms with Gasteiger partial charge in [0.15, 0.2) is 0 Å². The van der Waals surface area contributed by atoms with Crippen molar-refractivity contribution in [2.24, 2.45) is 0 Å². The van der Waals surface area contributed by atoms with Gasteiger partial charge in [-0.2, -0.15) is 0 Å². The molecule has 0 saturated carbocycles. The fourth-order valence-corrected chi connectivity index (χ4v) is 1.38. The van der Waals surface area contributed by atoms with Crippen molar-refractivity contribution in [1.29, 1.82) is 0 Å². The molecule has 0 rings (SSSR count). The summed E-state index contributed by atoms with van der Waals surface area (Å²) in [4.78, 5) is 50.8. The minimum Gasteiger partial charge on any atom is -0.444 e. The molecule has 0 saturated heterocycles. The summed E-state index contributed by atoms with van der Waals surface area (Å²) < 4.78 is 19.7. The molecule has 0 heterocycles. The number of hydrogen-bond acceptors (Lipinski definition) is 10. The minimum absolute atomic E-state index is 0.00750. The van der Waals surface area contributed by atoms with Crippen molar-refractivity contribution in [3.8, 4) is 0 Å². The van der Waals surface area contributed by atoms with Crippen molar-refractivity contribution in [3.63, 3.8) is 0 Å². The molecular formula is C20H36Cl2N2O10. The van der Waals surface area contributed by atoms with Gasteiger partial charge in [0.2, 0.25) is 0 Å². The van der Waals surface area contributed by atoms with E-state index in [9.17, 15) is 24.0 Å². The van der Waals surface area contributed by atoms with Crippen LogP contribution in [-0.2, 0) is 33.3 Å². The van der Waals surface area contributed by atoms with E-state index in [0.717, 1.165) is 0 Å². The van der Waals surface area contributed by atoms with Gasteiger partial charge < -0.3 is 39.5 Å². The molecule has 0 bridgehead atoms. The van der Waals surface area contributed by atoms with Crippen LogP contribution in [-0.4, -0.2) is 91.4 Å². The number of carbonyl (C=O) groups is 5. The number of ether oxygens (including phenoxy) is 4. The summed E-state index contributed by atoms with van der Waals surface area (Å²) in [6.45, 7) is 12.5. The van der Waals surface area contributed by atoms with Crippen molar-refractivity contribution in [3.05, 3.63) is 0 Å². The second-order valence-corrected chi connectivity index (χ2v) is 8.67. The number of aliphatic hydroxyl groups excluding tert-OH is 1. The first-order valence-corrected chi connectivity index (χ1v) is 10.8. The van der Waals surface area contributed by atoms with Crippen LogP contribution in [0.25, 0.3) is 0 Å².